The molecule has 0 aromatic heterocycles. The smallest absolute Gasteiger partial charge is 0.242 e. The van der Waals surface area contributed by atoms with E-state index in [1.165, 1.54) is 0 Å². The second kappa shape index (κ2) is 10.8. The zero-order valence-corrected chi connectivity index (χ0v) is 18.6. The third-order valence-corrected chi connectivity index (χ3v) is 5.66. The van der Waals surface area contributed by atoms with E-state index in [4.69, 9.17) is 11.6 Å². The lowest BCUT2D eigenvalue weighted by molar-refractivity contribution is -0.140. The van der Waals surface area contributed by atoms with E-state index < -0.39 is 6.04 Å². The lowest BCUT2D eigenvalue weighted by Crippen LogP contribution is -2.50. The van der Waals surface area contributed by atoms with Gasteiger partial charge >= 0.3 is 0 Å². The van der Waals surface area contributed by atoms with Crippen molar-refractivity contribution < 1.29 is 9.59 Å². The number of hydrogen-bond donors (Lipinski definition) is 1. The lowest BCUT2D eigenvalue weighted by atomic mass is 10.0. The minimum atomic E-state index is -0.651. The van der Waals surface area contributed by atoms with Gasteiger partial charge in [0.05, 0.1) is 6.42 Å². The number of amides is 2. The number of hydrogen-bond acceptors (Lipinski definition) is 2. The molecule has 1 N–H and O–H groups in total. The summed E-state index contributed by atoms with van der Waals surface area (Å²) in [5.74, 6) is -0.318. The summed E-state index contributed by atoms with van der Waals surface area (Å²) in [6.45, 7) is 2.27. The largest absolute Gasteiger partial charge is 0.357 e. The molecular formula is C26H27ClN2O2. The van der Waals surface area contributed by atoms with Crippen LogP contribution in [0, 0.1) is 6.92 Å². The van der Waals surface area contributed by atoms with Crippen LogP contribution >= 0.6 is 11.6 Å². The molecule has 2 amide bonds. The Morgan fingerprint density at radius 3 is 2.19 bits per heavy atom. The highest BCUT2D eigenvalue weighted by molar-refractivity contribution is 6.31. The fraction of sp³-hybridized carbons (Fsp3) is 0.231. The highest BCUT2D eigenvalue weighted by Gasteiger charge is 2.30. The van der Waals surface area contributed by atoms with E-state index in [0.29, 0.717) is 11.4 Å². The maximum atomic E-state index is 13.5. The summed E-state index contributed by atoms with van der Waals surface area (Å²) in [4.78, 5) is 28.0. The summed E-state index contributed by atoms with van der Waals surface area (Å²) in [5, 5.41) is 3.30. The fourth-order valence-electron chi connectivity index (χ4n) is 3.51. The Kier molecular flexibility index (Phi) is 7.85. The standard InChI is InChI=1S/C26H27ClN2O2/c1-19-12-14-21(15-13-19)17-25(30)29(18-22-10-6-7-11-23(22)27)24(26(31)28-2)16-20-8-4-3-5-9-20/h3-15,24H,16-18H2,1-2H3,(H,28,31)/t24-/m1/s1. The molecule has 0 aliphatic carbocycles. The highest BCUT2D eigenvalue weighted by Crippen LogP contribution is 2.21. The van der Waals surface area contributed by atoms with Crippen LogP contribution in [0.3, 0.4) is 0 Å². The van der Waals surface area contributed by atoms with E-state index in [9.17, 15) is 9.59 Å². The summed E-state index contributed by atoms with van der Waals surface area (Å²) >= 11 is 6.39. The molecule has 3 aromatic carbocycles. The van der Waals surface area contributed by atoms with Crippen LogP contribution in [0.25, 0.3) is 0 Å². The Morgan fingerprint density at radius 1 is 0.903 bits per heavy atom. The van der Waals surface area contributed by atoms with Crippen LogP contribution in [0.2, 0.25) is 5.02 Å². The van der Waals surface area contributed by atoms with Gasteiger partial charge in [0.25, 0.3) is 0 Å². The predicted octanol–water partition coefficient (Wildman–Crippen LogP) is 4.58. The molecule has 4 nitrogen and oxygen atoms in total. The number of halogens is 1. The minimum Gasteiger partial charge on any atom is -0.357 e. The van der Waals surface area contributed by atoms with Gasteiger partial charge in [-0.2, -0.15) is 0 Å². The first-order valence-corrected chi connectivity index (χ1v) is 10.7. The number of carbonyl (C=O) groups is 2. The lowest BCUT2D eigenvalue weighted by Gasteiger charge is -2.31. The van der Waals surface area contributed by atoms with E-state index in [1.807, 2.05) is 79.7 Å². The normalized spacial score (nSPS) is 11.6. The first kappa shape index (κ1) is 22.6. The Labute approximate surface area is 188 Å². The van der Waals surface area contributed by atoms with Crippen LogP contribution < -0.4 is 5.32 Å². The monoisotopic (exact) mass is 434 g/mol. The SMILES string of the molecule is CNC(=O)[C@@H](Cc1ccccc1)N(Cc1ccccc1Cl)C(=O)Cc1ccc(C)cc1. The second-order valence-electron chi connectivity index (χ2n) is 7.60. The molecule has 0 aliphatic heterocycles. The molecule has 0 bridgehead atoms. The van der Waals surface area contributed by atoms with Crippen molar-refractivity contribution in [2.75, 3.05) is 7.05 Å². The number of likely N-dealkylation sites (N-methyl/N-ethyl adjacent to an activating group) is 1. The minimum absolute atomic E-state index is 0.117. The molecule has 0 heterocycles. The van der Waals surface area contributed by atoms with Crippen molar-refractivity contribution in [1.82, 2.24) is 10.2 Å². The molecule has 160 valence electrons. The molecule has 0 radical (unpaired) electrons. The Hall–Kier alpha value is -3.11. The number of benzene rings is 3. The van der Waals surface area contributed by atoms with Crippen LogP contribution in [0.4, 0.5) is 0 Å². The van der Waals surface area contributed by atoms with Crippen LogP contribution in [0.1, 0.15) is 22.3 Å². The second-order valence-corrected chi connectivity index (χ2v) is 8.00. The van der Waals surface area contributed by atoms with Gasteiger partial charge in [-0.1, -0.05) is 90.0 Å². The highest BCUT2D eigenvalue weighted by atomic mass is 35.5. The molecule has 0 saturated heterocycles. The predicted molar refractivity (Wildman–Crippen MR) is 125 cm³/mol. The number of nitrogens with zero attached hydrogens (tertiary/aromatic N) is 1. The molecule has 3 rings (SSSR count). The summed E-state index contributed by atoms with van der Waals surface area (Å²) in [7, 11) is 1.60. The van der Waals surface area contributed by atoms with Gasteiger partial charge in [-0.05, 0) is 29.7 Å². The Bertz CT molecular complexity index is 1020. The van der Waals surface area contributed by atoms with Gasteiger partial charge in [0.1, 0.15) is 6.04 Å². The fourth-order valence-corrected chi connectivity index (χ4v) is 3.71. The maximum absolute atomic E-state index is 13.5. The molecule has 0 fully saturated rings. The number of carbonyl (C=O) groups excluding carboxylic acids is 2. The molecule has 5 heteroatoms. The zero-order chi connectivity index (χ0) is 22.2. The third-order valence-electron chi connectivity index (χ3n) is 5.29. The molecule has 0 saturated carbocycles. The van der Waals surface area contributed by atoms with E-state index in [1.54, 1.807) is 18.0 Å². The van der Waals surface area contributed by atoms with Gasteiger partial charge in [-0.3, -0.25) is 9.59 Å². The first-order valence-electron chi connectivity index (χ1n) is 10.3. The molecule has 0 spiro atoms. The molecule has 3 aromatic rings. The van der Waals surface area contributed by atoms with Crippen LogP contribution in [-0.4, -0.2) is 29.8 Å². The van der Waals surface area contributed by atoms with Crippen molar-refractivity contribution in [1.29, 1.82) is 0 Å². The van der Waals surface area contributed by atoms with Gasteiger partial charge in [-0.25, -0.2) is 0 Å². The summed E-state index contributed by atoms with van der Waals surface area (Å²) in [6.07, 6.45) is 0.637. The van der Waals surface area contributed by atoms with Crippen LogP contribution in [0.5, 0.6) is 0 Å². The van der Waals surface area contributed by atoms with Crippen molar-refractivity contribution in [3.05, 3.63) is 106 Å². The number of rotatable bonds is 8. The molecule has 0 unspecified atom stereocenters. The van der Waals surface area contributed by atoms with Gasteiger partial charge in [0.2, 0.25) is 11.8 Å². The first-order chi connectivity index (χ1) is 15.0. The van der Waals surface area contributed by atoms with E-state index >= 15 is 0 Å². The molecule has 1 atom stereocenters. The van der Waals surface area contributed by atoms with Crippen LogP contribution in [-0.2, 0) is 29.0 Å². The van der Waals surface area contributed by atoms with Crippen molar-refractivity contribution in [3.63, 3.8) is 0 Å². The summed E-state index contributed by atoms with van der Waals surface area (Å²) < 4.78 is 0. The van der Waals surface area contributed by atoms with E-state index in [2.05, 4.69) is 5.32 Å². The Balaban J connectivity index is 1.94. The average molecular weight is 435 g/mol. The van der Waals surface area contributed by atoms with E-state index in [0.717, 1.165) is 22.3 Å². The van der Waals surface area contributed by atoms with Crippen molar-refractivity contribution >= 4 is 23.4 Å². The topological polar surface area (TPSA) is 49.4 Å². The van der Waals surface area contributed by atoms with Crippen LogP contribution in [0.15, 0.2) is 78.9 Å². The quantitative estimate of drug-likeness (QED) is 0.564. The maximum Gasteiger partial charge on any atom is 0.242 e. The zero-order valence-electron chi connectivity index (χ0n) is 17.8. The van der Waals surface area contributed by atoms with Crippen molar-refractivity contribution in [2.24, 2.45) is 0 Å². The van der Waals surface area contributed by atoms with Crippen molar-refractivity contribution in [3.8, 4) is 0 Å². The molecule has 0 aliphatic rings. The van der Waals surface area contributed by atoms with Gasteiger partial charge in [0.15, 0.2) is 0 Å². The average Bonchev–Trinajstić information content (AvgIpc) is 2.79. The van der Waals surface area contributed by atoms with Gasteiger partial charge < -0.3 is 10.2 Å². The molecule has 31 heavy (non-hydrogen) atoms. The number of nitrogens with one attached hydrogen (secondary N) is 1. The van der Waals surface area contributed by atoms with Gasteiger partial charge in [0, 0.05) is 25.0 Å². The number of aryl methyl sites for hydroxylation is 1. The Morgan fingerprint density at radius 2 is 1.55 bits per heavy atom. The summed E-state index contributed by atoms with van der Waals surface area (Å²) in [5.41, 5.74) is 3.85. The van der Waals surface area contributed by atoms with E-state index in [-0.39, 0.29) is 24.8 Å². The van der Waals surface area contributed by atoms with Crippen molar-refractivity contribution in [2.45, 2.75) is 32.4 Å². The third kappa shape index (κ3) is 6.19. The summed E-state index contributed by atoms with van der Waals surface area (Å²) in [6, 6.07) is 24.4. The molecular weight excluding hydrogens is 408 g/mol. The van der Waals surface area contributed by atoms with Gasteiger partial charge in [-0.15, -0.1) is 0 Å².